The molecule has 0 radical (unpaired) electrons. The van der Waals surface area contributed by atoms with Crippen molar-refractivity contribution in [3.8, 4) is 11.5 Å². The molecule has 0 aromatic heterocycles. The van der Waals surface area contributed by atoms with Crippen molar-refractivity contribution in [1.29, 1.82) is 0 Å². The number of likely N-dealkylation sites (tertiary alicyclic amines) is 1. The summed E-state index contributed by atoms with van der Waals surface area (Å²) >= 11 is 0. The van der Waals surface area contributed by atoms with Gasteiger partial charge in [-0.1, -0.05) is 24.3 Å². The van der Waals surface area contributed by atoms with Gasteiger partial charge in [0.1, 0.15) is 17.7 Å². The fourth-order valence-corrected chi connectivity index (χ4v) is 8.57. The maximum atomic E-state index is 13.7. The highest BCUT2D eigenvalue weighted by atomic mass is 16.5. The Morgan fingerprint density at radius 3 is 2.77 bits per heavy atom. The third-order valence-electron chi connectivity index (χ3n) is 10.1. The first-order valence-electron chi connectivity index (χ1n) is 13.1. The van der Waals surface area contributed by atoms with Crippen LogP contribution in [-0.2, 0) is 16.6 Å². The fourth-order valence-electron chi connectivity index (χ4n) is 8.57. The highest BCUT2D eigenvalue weighted by Crippen LogP contribution is 2.69. The van der Waals surface area contributed by atoms with Crippen molar-refractivity contribution >= 4 is 11.6 Å². The molecular weight excluding hydrogens is 442 g/mol. The molecule has 5 fully saturated rings. The van der Waals surface area contributed by atoms with E-state index in [4.69, 9.17) is 4.74 Å². The number of hydrogen-bond acceptors (Lipinski definition) is 6. The van der Waals surface area contributed by atoms with Crippen molar-refractivity contribution in [2.45, 2.75) is 73.3 Å². The third-order valence-corrected chi connectivity index (χ3v) is 10.1. The second kappa shape index (κ2) is 6.58. The largest absolute Gasteiger partial charge is 0.504 e. The van der Waals surface area contributed by atoms with Crippen LogP contribution in [0.2, 0.25) is 0 Å². The Kier molecular flexibility index (Phi) is 3.87. The van der Waals surface area contributed by atoms with E-state index in [-0.39, 0.29) is 23.2 Å². The summed E-state index contributed by atoms with van der Waals surface area (Å²) in [5.41, 5.74) is 0.808. The minimum absolute atomic E-state index is 0.134. The molecule has 2 aromatic carbocycles. The van der Waals surface area contributed by atoms with Gasteiger partial charge in [0.05, 0.1) is 5.41 Å². The first-order valence-corrected chi connectivity index (χ1v) is 13.1. The van der Waals surface area contributed by atoms with Crippen molar-refractivity contribution in [2.75, 3.05) is 18.4 Å². The van der Waals surface area contributed by atoms with E-state index in [1.807, 2.05) is 36.4 Å². The van der Waals surface area contributed by atoms with E-state index in [1.54, 1.807) is 6.07 Å². The number of hydrogen-bond donors (Lipinski definition) is 4. The zero-order chi connectivity index (χ0) is 23.6. The van der Waals surface area contributed by atoms with Gasteiger partial charge >= 0.3 is 0 Å². The molecule has 4 heterocycles. The molecule has 7 nitrogen and oxygen atoms in total. The Hall–Kier alpha value is -2.61. The van der Waals surface area contributed by atoms with Gasteiger partial charge in [0.2, 0.25) is 5.91 Å². The molecule has 0 unspecified atom stereocenters. The lowest BCUT2D eigenvalue weighted by Gasteiger charge is -2.73. The SMILES string of the molecule is O=C(Nc1ccccc1)[C@@H]1N[C@@]23CC[C@]1(O)[C@@H]1Oc4c(O)ccc5c4[C@@]12CCN(CC1CC1)[C@@H]3C5. The van der Waals surface area contributed by atoms with Crippen molar-refractivity contribution in [3.63, 3.8) is 0 Å². The Morgan fingerprint density at radius 1 is 1.14 bits per heavy atom. The number of piperidine rings is 3. The van der Waals surface area contributed by atoms with Gasteiger partial charge in [0, 0.05) is 29.4 Å². The molecule has 3 saturated heterocycles. The van der Waals surface area contributed by atoms with Crippen molar-refractivity contribution in [2.24, 2.45) is 5.92 Å². The van der Waals surface area contributed by atoms with Gasteiger partial charge in [0.25, 0.3) is 0 Å². The minimum Gasteiger partial charge on any atom is -0.504 e. The lowest BCUT2D eigenvalue weighted by atomic mass is 9.41. The molecule has 2 saturated carbocycles. The summed E-state index contributed by atoms with van der Waals surface area (Å²) in [6.45, 7) is 2.05. The number of rotatable bonds is 4. The van der Waals surface area contributed by atoms with Crippen molar-refractivity contribution < 1.29 is 19.7 Å². The molecule has 7 heteroatoms. The van der Waals surface area contributed by atoms with E-state index in [9.17, 15) is 15.0 Å². The van der Waals surface area contributed by atoms with E-state index in [0.717, 1.165) is 43.8 Å². The average Bonchev–Trinajstić information content (AvgIpc) is 3.60. The first-order chi connectivity index (χ1) is 17.0. The number of ether oxygens (including phenoxy) is 1. The smallest absolute Gasteiger partial charge is 0.244 e. The molecule has 2 aromatic rings. The van der Waals surface area contributed by atoms with Crippen molar-refractivity contribution in [1.82, 2.24) is 10.2 Å². The summed E-state index contributed by atoms with van der Waals surface area (Å²) < 4.78 is 6.56. The van der Waals surface area contributed by atoms with Crippen LogP contribution in [0.5, 0.6) is 11.5 Å². The minimum atomic E-state index is -1.37. The van der Waals surface area contributed by atoms with Crippen LogP contribution in [0.3, 0.4) is 0 Å². The van der Waals surface area contributed by atoms with Gasteiger partial charge < -0.3 is 20.3 Å². The maximum Gasteiger partial charge on any atom is 0.244 e. The number of aliphatic hydroxyl groups is 1. The van der Waals surface area contributed by atoms with Crippen LogP contribution in [0.1, 0.15) is 43.2 Å². The Balaban J connectivity index is 1.28. The number of fused-ring (bicyclic) bond motifs is 2. The molecule has 182 valence electrons. The standard InChI is InChI=1S/C28H31N3O4/c32-19-9-8-17-14-20-28-11-10-27(34,23(30-28)24(33)29-18-4-2-1-3-5-18)25-26(28,21(17)22(19)35-25)12-13-31(20)15-16-6-7-16/h1-5,8-9,16,20,23,25,30,32,34H,6-7,10-15H2,(H,29,33)/t20-,23+,25-,26+,27-,28-/m1/s1. The van der Waals surface area contributed by atoms with Crippen LogP contribution in [-0.4, -0.2) is 63.4 Å². The first kappa shape index (κ1) is 20.6. The average molecular weight is 474 g/mol. The number of anilines is 1. The number of amides is 1. The summed E-state index contributed by atoms with van der Waals surface area (Å²) in [5, 5.41) is 29.9. The zero-order valence-corrected chi connectivity index (χ0v) is 19.7. The molecule has 4 bridgehead atoms. The normalized spacial score (nSPS) is 40.2. The Labute approximate surface area is 204 Å². The van der Waals surface area contributed by atoms with Gasteiger partial charge in [-0.05, 0) is 74.8 Å². The summed E-state index contributed by atoms with van der Waals surface area (Å²) in [6, 6.07) is 12.6. The van der Waals surface area contributed by atoms with Gasteiger partial charge in [-0.15, -0.1) is 0 Å². The van der Waals surface area contributed by atoms with E-state index in [1.165, 1.54) is 18.4 Å². The summed E-state index contributed by atoms with van der Waals surface area (Å²) in [5.74, 6) is 1.20. The zero-order valence-electron chi connectivity index (χ0n) is 19.7. The van der Waals surface area contributed by atoms with Crippen LogP contribution < -0.4 is 15.4 Å². The van der Waals surface area contributed by atoms with Crippen LogP contribution in [0, 0.1) is 5.92 Å². The summed E-state index contributed by atoms with van der Waals surface area (Å²) in [7, 11) is 0. The number of nitrogens with zero attached hydrogens (tertiary/aromatic N) is 1. The molecule has 3 aliphatic carbocycles. The predicted molar refractivity (Wildman–Crippen MR) is 130 cm³/mol. The fraction of sp³-hybridized carbons (Fsp3) is 0.536. The molecule has 1 amide bonds. The number of carbonyl (C=O) groups is 1. The summed E-state index contributed by atoms with van der Waals surface area (Å²) in [4.78, 5) is 16.4. The van der Waals surface area contributed by atoms with Crippen molar-refractivity contribution in [3.05, 3.63) is 53.6 Å². The molecule has 2 spiro atoms. The lowest BCUT2D eigenvalue weighted by molar-refractivity contribution is -0.230. The van der Waals surface area contributed by atoms with E-state index < -0.39 is 23.2 Å². The molecule has 4 N–H and O–H groups in total. The van der Waals surface area contributed by atoms with E-state index in [2.05, 4.69) is 15.5 Å². The number of phenolic OH excluding ortho intramolecular Hbond substituents is 1. The van der Waals surface area contributed by atoms with Gasteiger partial charge in [-0.3, -0.25) is 15.0 Å². The van der Waals surface area contributed by atoms with Gasteiger partial charge in [0.15, 0.2) is 11.5 Å². The molecular formula is C28H31N3O4. The highest BCUT2D eigenvalue weighted by molar-refractivity contribution is 5.96. The Morgan fingerprint density at radius 2 is 1.97 bits per heavy atom. The van der Waals surface area contributed by atoms with Crippen LogP contribution in [0.25, 0.3) is 0 Å². The Bertz CT molecular complexity index is 1250. The molecule has 35 heavy (non-hydrogen) atoms. The van der Waals surface area contributed by atoms with Crippen LogP contribution >= 0.6 is 0 Å². The molecule has 7 aliphatic rings. The number of phenols is 1. The van der Waals surface area contributed by atoms with Gasteiger partial charge in [-0.2, -0.15) is 0 Å². The number of carbonyl (C=O) groups excluding carboxylic acids is 1. The second-order valence-corrected chi connectivity index (χ2v) is 11.7. The topological polar surface area (TPSA) is 94.1 Å². The number of nitrogens with one attached hydrogen (secondary N) is 2. The third kappa shape index (κ3) is 2.40. The van der Waals surface area contributed by atoms with Crippen LogP contribution in [0.15, 0.2) is 42.5 Å². The second-order valence-electron chi connectivity index (χ2n) is 11.7. The number of para-hydroxylation sites is 1. The lowest BCUT2D eigenvalue weighted by Crippen LogP contribution is -2.92. The highest BCUT2D eigenvalue weighted by Gasteiger charge is 2.81. The predicted octanol–water partition coefficient (Wildman–Crippen LogP) is 2.31. The maximum absolute atomic E-state index is 13.7. The molecule has 6 atom stereocenters. The van der Waals surface area contributed by atoms with Gasteiger partial charge in [-0.25, -0.2) is 0 Å². The van der Waals surface area contributed by atoms with Crippen LogP contribution in [0.4, 0.5) is 5.69 Å². The molecule has 9 rings (SSSR count). The summed E-state index contributed by atoms with van der Waals surface area (Å²) in [6.07, 6.45) is 5.05. The number of benzene rings is 2. The number of aromatic hydroxyl groups is 1. The quantitative estimate of drug-likeness (QED) is 0.545. The monoisotopic (exact) mass is 473 g/mol. The van der Waals surface area contributed by atoms with E-state index in [0.29, 0.717) is 17.9 Å². The van der Waals surface area contributed by atoms with E-state index >= 15 is 0 Å². The molecule has 4 aliphatic heterocycles.